The van der Waals surface area contributed by atoms with Crippen LogP contribution < -0.4 is 9.47 Å². The van der Waals surface area contributed by atoms with E-state index in [2.05, 4.69) is 0 Å². The van der Waals surface area contributed by atoms with Crippen LogP contribution in [0.15, 0.2) is 42.5 Å². The van der Waals surface area contributed by atoms with E-state index in [-0.39, 0.29) is 13.0 Å². The number of esters is 1. The van der Waals surface area contributed by atoms with Crippen LogP contribution in [0.2, 0.25) is 0 Å². The summed E-state index contributed by atoms with van der Waals surface area (Å²) in [5.74, 6) is -0.448. The third-order valence-electron chi connectivity index (χ3n) is 4.30. The smallest absolute Gasteiger partial charge is 0.326 e. The molecular weight excluding hydrogens is 350 g/mol. The number of carbonyl (C=O) groups excluding carboxylic acids is 3. The summed E-state index contributed by atoms with van der Waals surface area (Å²) < 4.78 is 15.6. The summed E-state index contributed by atoms with van der Waals surface area (Å²) in [5, 5.41) is 0. The van der Waals surface area contributed by atoms with Crippen molar-refractivity contribution in [3.63, 3.8) is 0 Å². The van der Waals surface area contributed by atoms with Gasteiger partial charge in [-0.25, -0.2) is 0 Å². The number of nitrogens with zero attached hydrogens (tertiary/aromatic N) is 1. The first-order valence-corrected chi connectivity index (χ1v) is 8.32. The number of ether oxygens (including phenoxy) is 3. The molecule has 7 nitrogen and oxygen atoms in total. The molecule has 0 spiro atoms. The molecule has 2 aromatic carbocycles. The van der Waals surface area contributed by atoms with Crippen LogP contribution in [-0.4, -0.2) is 43.4 Å². The van der Waals surface area contributed by atoms with Crippen LogP contribution in [0.25, 0.3) is 0 Å². The van der Waals surface area contributed by atoms with E-state index in [1.807, 2.05) is 0 Å². The van der Waals surface area contributed by atoms with Crippen LogP contribution in [0.4, 0.5) is 0 Å². The molecule has 0 saturated heterocycles. The molecule has 27 heavy (non-hydrogen) atoms. The van der Waals surface area contributed by atoms with Gasteiger partial charge >= 0.3 is 5.97 Å². The van der Waals surface area contributed by atoms with Crippen LogP contribution >= 0.6 is 0 Å². The number of hydrogen-bond acceptors (Lipinski definition) is 6. The Labute approximate surface area is 156 Å². The molecule has 0 fully saturated rings. The monoisotopic (exact) mass is 369 g/mol. The van der Waals surface area contributed by atoms with Crippen LogP contribution in [0.1, 0.15) is 21.5 Å². The lowest BCUT2D eigenvalue weighted by molar-refractivity contribution is -0.149. The molecule has 1 heterocycles. The van der Waals surface area contributed by atoms with E-state index in [0.29, 0.717) is 28.2 Å². The summed E-state index contributed by atoms with van der Waals surface area (Å²) in [6.45, 7) is -0.496. The highest BCUT2D eigenvalue weighted by Crippen LogP contribution is 2.25. The van der Waals surface area contributed by atoms with E-state index in [9.17, 15) is 14.4 Å². The van der Waals surface area contributed by atoms with Crippen molar-refractivity contribution in [3.8, 4) is 11.5 Å². The molecule has 2 aromatic rings. The first-order valence-electron chi connectivity index (χ1n) is 8.32. The highest BCUT2D eigenvalue weighted by molar-refractivity contribution is 6.11. The van der Waals surface area contributed by atoms with Crippen molar-refractivity contribution >= 4 is 17.8 Å². The van der Waals surface area contributed by atoms with Crippen molar-refractivity contribution in [3.05, 3.63) is 59.2 Å². The molecule has 1 aliphatic heterocycles. The van der Waals surface area contributed by atoms with Gasteiger partial charge in [0.2, 0.25) is 5.91 Å². The van der Waals surface area contributed by atoms with E-state index in [1.165, 1.54) is 14.2 Å². The zero-order chi connectivity index (χ0) is 19.4. The van der Waals surface area contributed by atoms with Gasteiger partial charge in [-0.15, -0.1) is 0 Å². The molecule has 0 aromatic heterocycles. The molecule has 1 aliphatic rings. The van der Waals surface area contributed by atoms with Crippen LogP contribution in [0, 0.1) is 0 Å². The maximum atomic E-state index is 12.5. The Bertz CT molecular complexity index is 892. The summed E-state index contributed by atoms with van der Waals surface area (Å²) in [4.78, 5) is 37.8. The molecule has 0 unspecified atom stereocenters. The van der Waals surface area contributed by atoms with Gasteiger partial charge in [-0.1, -0.05) is 18.2 Å². The molecule has 0 radical (unpaired) electrons. The van der Waals surface area contributed by atoms with Gasteiger partial charge in [0, 0.05) is 11.1 Å². The second-order valence-electron chi connectivity index (χ2n) is 5.96. The predicted octanol–water partition coefficient (Wildman–Crippen LogP) is 1.97. The average Bonchev–Trinajstić information content (AvgIpc) is 2.69. The summed E-state index contributed by atoms with van der Waals surface area (Å²) in [5.41, 5.74) is 1.71. The van der Waals surface area contributed by atoms with Crippen molar-refractivity contribution in [2.75, 3.05) is 20.8 Å². The van der Waals surface area contributed by atoms with E-state index in [4.69, 9.17) is 14.2 Å². The minimum atomic E-state index is -0.680. The molecule has 3 rings (SSSR count). The highest BCUT2D eigenvalue weighted by Gasteiger charge is 2.32. The van der Waals surface area contributed by atoms with Gasteiger partial charge in [-0.3, -0.25) is 19.3 Å². The molecule has 2 amide bonds. The Morgan fingerprint density at radius 3 is 2.59 bits per heavy atom. The molecule has 0 bridgehead atoms. The number of rotatable bonds is 6. The van der Waals surface area contributed by atoms with Crippen molar-refractivity contribution in [1.29, 1.82) is 0 Å². The van der Waals surface area contributed by atoms with Gasteiger partial charge in [-0.05, 0) is 29.8 Å². The third kappa shape index (κ3) is 3.92. The third-order valence-corrected chi connectivity index (χ3v) is 4.30. The van der Waals surface area contributed by atoms with Gasteiger partial charge in [0.15, 0.2) is 0 Å². The van der Waals surface area contributed by atoms with Gasteiger partial charge < -0.3 is 14.2 Å². The minimum absolute atomic E-state index is 0.0635. The lowest BCUT2D eigenvalue weighted by atomic mass is 9.98. The van der Waals surface area contributed by atoms with Crippen LogP contribution in [-0.2, 0) is 27.4 Å². The fraction of sp³-hybridized carbons (Fsp3) is 0.250. The Morgan fingerprint density at radius 1 is 1.07 bits per heavy atom. The SMILES string of the molecule is COc1ccc(OC)c(COC(=O)CN2C(=O)Cc3ccccc3C2=O)c1. The Kier molecular flexibility index (Phi) is 5.40. The van der Waals surface area contributed by atoms with E-state index >= 15 is 0 Å². The van der Waals surface area contributed by atoms with Gasteiger partial charge in [-0.2, -0.15) is 0 Å². The molecule has 0 aliphatic carbocycles. The molecule has 0 saturated carbocycles. The van der Waals surface area contributed by atoms with Crippen molar-refractivity contribution in [2.45, 2.75) is 13.0 Å². The average molecular weight is 369 g/mol. The second-order valence-corrected chi connectivity index (χ2v) is 5.96. The maximum Gasteiger partial charge on any atom is 0.326 e. The van der Waals surface area contributed by atoms with E-state index in [0.717, 1.165) is 4.90 Å². The summed E-state index contributed by atoms with van der Waals surface area (Å²) in [6.07, 6.45) is 0.0822. The lowest BCUT2D eigenvalue weighted by Gasteiger charge is -2.25. The zero-order valence-electron chi connectivity index (χ0n) is 15.1. The van der Waals surface area contributed by atoms with Gasteiger partial charge in [0.1, 0.15) is 24.7 Å². The van der Waals surface area contributed by atoms with Crippen molar-refractivity contribution < 1.29 is 28.6 Å². The highest BCUT2D eigenvalue weighted by atomic mass is 16.5. The normalized spacial score (nSPS) is 13.2. The predicted molar refractivity (Wildman–Crippen MR) is 95.5 cm³/mol. The standard InChI is InChI=1S/C20H19NO6/c1-25-15-7-8-17(26-2)14(9-15)12-27-19(23)11-21-18(22)10-13-5-3-4-6-16(13)20(21)24/h3-9H,10-12H2,1-2H3. The van der Waals surface area contributed by atoms with E-state index in [1.54, 1.807) is 42.5 Å². The van der Waals surface area contributed by atoms with Gasteiger partial charge in [0.05, 0.1) is 20.6 Å². The van der Waals surface area contributed by atoms with Crippen molar-refractivity contribution in [2.24, 2.45) is 0 Å². The number of methoxy groups -OCH3 is 2. The Morgan fingerprint density at radius 2 is 1.85 bits per heavy atom. The molecule has 140 valence electrons. The molecule has 0 atom stereocenters. The number of hydrogen-bond donors (Lipinski definition) is 0. The van der Waals surface area contributed by atoms with Crippen LogP contribution in [0.5, 0.6) is 11.5 Å². The van der Waals surface area contributed by atoms with Crippen molar-refractivity contribution in [1.82, 2.24) is 4.90 Å². The minimum Gasteiger partial charge on any atom is -0.497 e. The first kappa shape index (κ1) is 18.4. The maximum absolute atomic E-state index is 12.5. The number of carbonyl (C=O) groups is 3. The van der Waals surface area contributed by atoms with Gasteiger partial charge in [0.25, 0.3) is 5.91 Å². The molecular formula is C20H19NO6. The Balaban J connectivity index is 1.66. The number of fused-ring (bicyclic) bond motifs is 1. The summed E-state index contributed by atoms with van der Waals surface area (Å²) in [7, 11) is 3.04. The summed E-state index contributed by atoms with van der Waals surface area (Å²) in [6, 6.07) is 12.0. The number of imide groups is 1. The van der Waals surface area contributed by atoms with E-state index < -0.39 is 24.3 Å². The number of amides is 2. The summed E-state index contributed by atoms with van der Waals surface area (Å²) >= 11 is 0. The fourth-order valence-electron chi connectivity index (χ4n) is 2.89. The molecule has 0 N–H and O–H groups in total. The Hall–Kier alpha value is -3.35. The second kappa shape index (κ2) is 7.90. The first-order chi connectivity index (χ1) is 13.0. The largest absolute Gasteiger partial charge is 0.497 e. The number of benzene rings is 2. The topological polar surface area (TPSA) is 82.1 Å². The lowest BCUT2D eigenvalue weighted by Crippen LogP contribution is -2.45. The zero-order valence-corrected chi connectivity index (χ0v) is 15.1. The van der Waals surface area contributed by atoms with Crippen LogP contribution in [0.3, 0.4) is 0 Å². The molecule has 7 heteroatoms. The quantitative estimate of drug-likeness (QED) is 0.572. The fourth-order valence-corrected chi connectivity index (χ4v) is 2.89.